The van der Waals surface area contributed by atoms with E-state index in [2.05, 4.69) is 11.4 Å². The van der Waals surface area contributed by atoms with Crippen LogP contribution in [0.4, 0.5) is 5.82 Å². The highest BCUT2D eigenvalue weighted by atomic mass is 16.5. The van der Waals surface area contributed by atoms with Gasteiger partial charge in [-0.25, -0.2) is 4.57 Å². The lowest BCUT2D eigenvalue weighted by Gasteiger charge is -2.10. The number of pyridine rings is 1. The van der Waals surface area contributed by atoms with Crippen LogP contribution in [0.5, 0.6) is 11.5 Å². The Morgan fingerprint density at radius 1 is 1.27 bits per heavy atom. The maximum absolute atomic E-state index is 12.6. The lowest BCUT2D eigenvalue weighted by Crippen LogP contribution is -2.40. The number of carbonyl (C=O) groups excluding carboxylic acids is 1. The van der Waals surface area contributed by atoms with Gasteiger partial charge in [0.2, 0.25) is 5.78 Å². The summed E-state index contributed by atoms with van der Waals surface area (Å²) in [6.07, 6.45) is 2.92. The zero-order chi connectivity index (χ0) is 15.5. The van der Waals surface area contributed by atoms with Crippen LogP contribution in [0.1, 0.15) is 15.9 Å². The smallest absolute Gasteiger partial charge is 0.278 e. The molecule has 2 aromatic rings. The third-order valence-corrected chi connectivity index (χ3v) is 3.86. The van der Waals surface area contributed by atoms with E-state index in [-0.39, 0.29) is 12.3 Å². The predicted molar refractivity (Wildman–Crippen MR) is 82.7 cm³/mol. The SMILES string of the molecule is COc1ccc(C(=O)C[n+]2cccc3c2NCC3)c(OC)c1. The molecule has 1 aliphatic rings. The summed E-state index contributed by atoms with van der Waals surface area (Å²) in [6, 6.07) is 9.31. The van der Waals surface area contributed by atoms with Crippen molar-refractivity contribution in [3.8, 4) is 11.5 Å². The van der Waals surface area contributed by atoms with Gasteiger partial charge in [-0.05, 0) is 24.3 Å². The summed E-state index contributed by atoms with van der Waals surface area (Å²) < 4.78 is 12.4. The first-order valence-corrected chi connectivity index (χ1v) is 7.23. The van der Waals surface area contributed by atoms with E-state index < -0.39 is 0 Å². The number of ketones is 1. The summed E-state index contributed by atoms with van der Waals surface area (Å²) in [5, 5.41) is 3.33. The topological polar surface area (TPSA) is 51.4 Å². The minimum Gasteiger partial charge on any atom is -0.497 e. The van der Waals surface area contributed by atoms with E-state index in [9.17, 15) is 4.79 Å². The second kappa shape index (κ2) is 6.05. The Bertz CT molecular complexity index is 713. The average Bonchev–Trinajstić information content (AvgIpc) is 3.03. The maximum atomic E-state index is 12.6. The minimum absolute atomic E-state index is 0.00611. The number of Topliss-reactive ketones (excluding diaryl/α,β-unsaturated/α-hetero) is 1. The van der Waals surface area contributed by atoms with Gasteiger partial charge in [-0.2, -0.15) is 0 Å². The van der Waals surface area contributed by atoms with Gasteiger partial charge in [0.05, 0.1) is 32.5 Å². The van der Waals surface area contributed by atoms with E-state index in [1.807, 2.05) is 16.8 Å². The summed E-state index contributed by atoms with van der Waals surface area (Å²) in [5.41, 5.74) is 1.81. The first-order chi connectivity index (χ1) is 10.7. The minimum atomic E-state index is 0.00611. The second-order valence-electron chi connectivity index (χ2n) is 5.18. The number of fused-ring (bicyclic) bond motifs is 1. The number of hydrogen-bond donors (Lipinski definition) is 1. The number of ether oxygens (including phenoxy) is 2. The third kappa shape index (κ3) is 2.62. The molecule has 0 unspecified atom stereocenters. The lowest BCUT2D eigenvalue weighted by molar-refractivity contribution is -0.669. The molecule has 3 rings (SSSR count). The molecule has 0 spiro atoms. The Morgan fingerprint density at radius 2 is 2.14 bits per heavy atom. The largest absolute Gasteiger partial charge is 0.497 e. The molecular weight excluding hydrogens is 280 g/mol. The predicted octanol–water partition coefficient (Wildman–Crippen LogP) is 1.84. The van der Waals surface area contributed by atoms with E-state index >= 15 is 0 Å². The number of rotatable bonds is 5. The van der Waals surface area contributed by atoms with Gasteiger partial charge in [-0.3, -0.25) is 10.1 Å². The fourth-order valence-electron chi connectivity index (χ4n) is 2.73. The highest BCUT2D eigenvalue weighted by Gasteiger charge is 2.23. The Kier molecular flexibility index (Phi) is 3.96. The van der Waals surface area contributed by atoms with E-state index in [0.717, 1.165) is 18.8 Å². The standard InChI is InChI=1S/C17H18N2O3/c1-21-13-5-6-14(16(10-13)22-2)15(20)11-19-9-3-4-12-7-8-18-17(12)19/h3-6,9-10H,7-8,11H2,1-2H3/p+1. The molecule has 5 nitrogen and oxygen atoms in total. The molecule has 2 heterocycles. The highest BCUT2D eigenvalue weighted by molar-refractivity contribution is 5.98. The second-order valence-corrected chi connectivity index (χ2v) is 5.18. The number of nitrogens with one attached hydrogen (secondary N) is 1. The number of carbonyl (C=O) groups is 1. The number of hydrogen-bond acceptors (Lipinski definition) is 4. The van der Waals surface area contributed by atoms with Crippen molar-refractivity contribution in [2.45, 2.75) is 13.0 Å². The van der Waals surface area contributed by atoms with Crippen LogP contribution in [0.2, 0.25) is 0 Å². The number of aromatic nitrogens is 1. The molecule has 0 bridgehead atoms. The van der Waals surface area contributed by atoms with Crippen LogP contribution in [0.25, 0.3) is 0 Å². The molecule has 5 heteroatoms. The van der Waals surface area contributed by atoms with Gasteiger partial charge in [0.1, 0.15) is 11.5 Å². The van der Waals surface area contributed by atoms with Gasteiger partial charge in [-0.15, -0.1) is 0 Å². The first-order valence-electron chi connectivity index (χ1n) is 7.23. The van der Waals surface area contributed by atoms with Crippen LogP contribution in [0.15, 0.2) is 36.5 Å². The molecule has 0 saturated heterocycles. The molecular formula is C17H19N2O3+. The molecule has 0 aliphatic carbocycles. The third-order valence-electron chi connectivity index (χ3n) is 3.86. The molecule has 114 valence electrons. The normalized spacial score (nSPS) is 12.5. The molecule has 0 radical (unpaired) electrons. The number of nitrogens with zero attached hydrogens (tertiary/aromatic N) is 1. The Hall–Kier alpha value is -2.56. The van der Waals surface area contributed by atoms with Crippen molar-refractivity contribution in [2.75, 3.05) is 26.1 Å². The van der Waals surface area contributed by atoms with Crippen molar-refractivity contribution in [1.29, 1.82) is 0 Å². The monoisotopic (exact) mass is 299 g/mol. The van der Waals surface area contributed by atoms with Crippen LogP contribution >= 0.6 is 0 Å². The van der Waals surface area contributed by atoms with Gasteiger partial charge >= 0.3 is 0 Å². The highest BCUT2D eigenvalue weighted by Crippen LogP contribution is 2.25. The van der Waals surface area contributed by atoms with Crippen molar-refractivity contribution in [3.63, 3.8) is 0 Å². The zero-order valence-corrected chi connectivity index (χ0v) is 12.8. The molecule has 1 aromatic carbocycles. The fraction of sp³-hybridized carbons (Fsp3) is 0.294. The molecule has 0 fully saturated rings. The summed E-state index contributed by atoms with van der Waals surface area (Å²) >= 11 is 0. The van der Waals surface area contributed by atoms with Gasteiger partial charge in [0, 0.05) is 18.1 Å². The quantitative estimate of drug-likeness (QED) is 0.676. The van der Waals surface area contributed by atoms with Gasteiger partial charge < -0.3 is 9.47 Å². The van der Waals surface area contributed by atoms with Gasteiger partial charge in [-0.1, -0.05) is 0 Å². The number of benzene rings is 1. The Morgan fingerprint density at radius 3 is 2.91 bits per heavy atom. The molecule has 0 amide bonds. The van der Waals surface area contributed by atoms with Crippen LogP contribution in [-0.4, -0.2) is 26.5 Å². The number of anilines is 1. The molecule has 0 saturated carbocycles. The fourth-order valence-corrected chi connectivity index (χ4v) is 2.73. The summed E-state index contributed by atoms with van der Waals surface area (Å²) in [5.74, 6) is 2.24. The molecule has 0 atom stereocenters. The van der Waals surface area contributed by atoms with Crippen LogP contribution in [0.3, 0.4) is 0 Å². The molecule has 1 aliphatic heterocycles. The Labute approximate surface area is 129 Å². The summed E-state index contributed by atoms with van der Waals surface area (Å²) in [6.45, 7) is 1.19. The molecule has 1 aromatic heterocycles. The maximum Gasteiger partial charge on any atom is 0.278 e. The average molecular weight is 299 g/mol. The van der Waals surface area contributed by atoms with Gasteiger partial charge in [0.15, 0.2) is 6.54 Å². The summed E-state index contributed by atoms with van der Waals surface area (Å²) in [7, 11) is 3.14. The van der Waals surface area contributed by atoms with Crippen molar-refractivity contribution in [3.05, 3.63) is 47.7 Å². The Balaban J connectivity index is 1.88. The van der Waals surface area contributed by atoms with Crippen molar-refractivity contribution >= 4 is 11.6 Å². The van der Waals surface area contributed by atoms with Crippen molar-refractivity contribution in [1.82, 2.24) is 0 Å². The zero-order valence-electron chi connectivity index (χ0n) is 12.8. The summed E-state index contributed by atoms with van der Waals surface area (Å²) in [4.78, 5) is 12.6. The van der Waals surface area contributed by atoms with E-state index in [0.29, 0.717) is 17.1 Å². The van der Waals surface area contributed by atoms with Gasteiger partial charge in [0.25, 0.3) is 5.82 Å². The van der Waals surface area contributed by atoms with Crippen LogP contribution < -0.4 is 19.4 Å². The molecule has 22 heavy (non-hydrogen) atoms. The van der Waals surface area contributed by atoms with E-state index in [4.69, 9.17) is 9.47 Å². The first kappa shape index (κ1) is 14.4. The van der Waals surface area contributed by atoms with Crippen molar-refractivity contribution < 1.29 is 18.8 Å². The number of methoxy groups -OCH3 is 2. The van der Waals surface area contributed by atoms with Crippen LogP contribution in [-0.2, 0) is 13.0 Å². The van der Waals surface area contributed by atoms with E-state index in [1.165, 1.54) is 5.56 Å². The lowest BCUT2D eigenvalue weighted by atomic mass is 10.1. The van der Waals surface area contributed by atoms with Crippen molar-refractivity contribution in [2.24, 2.45) is 0 Å². The van der Waals surface area contributed by atoms with E-state index in [1.54, 1.807) is 32.4 Å². The molecule has 1 N–H and O–H groups in total. The van der Waals surface area contributed by atoms with Crippen LogP contribution in [0, 0.1) is 0 Å².